The maximum Gasteiger partial charge on any atom is -0.0326 e. The van der Waals surface area contributed by atoms with Crippen LogP contribution in [0.4, 0.5) is 0 Å². The molecular weight excluding hydrogens is 204 g/mol. The zero-order valence-corrected chi connectivity index (χ0v) is 12.6. The predicted molar refractivity (Wildman–Crippen MR) is 75.9 cm³/mol. The Hall–Kier alpha value is 0. The second-order valence-corrected chi connectivity index (χ2v) is 7.46. The Morgan fingerprint density at radius 1 is 0.882 bits per heavy atom. The van der Waals surface area contributed by atoms with Gasteiger partial charge >= 0.3 is 0 Å². The molecule has 17 heavy (non-hydrogen) atoms. The van der Waals surface area contributed by atoms with Crippen LogP contribution >= 0.6 is 0 Å². The second-order valence-electron chi connectivity index (χ2n) is 7.46. The van der Waals surface area contributed by atoms with Gasteiger partial charge < -0.3 is 0 Å². The zero-order chi connectivity index (χ0) is 12.6. The van der Waals surface area contributed by atoms with Crippen molar-refractivity contribution in [3.63, 3.8) is 0 Å². The van der Waals surface area contributed by atoms with E-state index in [9.17, 15) is 0 Å². The normalized spacial score (nSPS) is 47.6. The lowest BCUT2D eigenvalue weighted by Crippen LogP contribution is -2.24. The average Bonchev–Trinajstić information content (AvgIpc) is 2.82. The van der Waals surface area contributed by atoms with Crippen LogP contribution in [0.25, 0.3) is 0 Å². The van der Waals surface area contributed by atoms with Crippen LogP contribution in [-0.2, 0) is 0 Å². The fraction of sp³-hybridized carbons (Fsp3) is 1.00. The quantitative estimate of drug-likeness (QED) is 0.604. The van der Waals surface area contributed by atoms with Crippen molar-refractivity contribution in [1.29, 1.82) is 0 Å². The monoisotopic (exact) mass is 236 g/mol. The summed E-state index contributed by atoms with van der Waals surface area (Å²) in [5, 5.41) is 0. The fourth-order valence-corrected chi connectivity index (χ4v) is 4.41. The first-order chi connectivity index (χ1) is 8.02. The van der Waals surface area contributed by atoms with Crippen LogP contribution in [0.5, 0.6) is 0 Å². The van der Waals surface area contributed by atoms with E-state index in [4.69, 9.17) is 0 Å². The van der Waals surface area contributed by atoms with Gasteiger partial charge in [-0.1, -0.05) is 60.3 Å². The van der Waals surface area contributed by atoms with Gasteiger partial charge in [0.1, 0.15) is 0 Å². The minimum Gasteiger partial charge on any atom is -0.0625 e. The molecule has 0 nitrogen and oxygen atoms in total. The van der Waals surface area contributed by atoms with Crippen LogP contribution in [0.3, 0.4) is 0 Å². The molecule has 0 aromatic carbocycles. The molecular formula is C17H32. The Morgan fingerprint density at radius 2 is 1.47 bits per heavy atom. The third-order valence-corrected chi connectivity index (χ3v) is 6.13. The molecule has 0 N–H and O–H groups in total. The van der Waals surface area contributed by atoms with Crippen LogP contribution in [-0.4, -0.2) is 0 Å². The summed E-state index contributed by atoms with van der Waals surface area (Å²) in [4.78, 5) is 0. The molecule has 5 unspecified atom stereocenters. The molecule has 0 aromatic rings. The molecule has 0 spiro atoms. The van der Waals surface area contributed by atoms with Gasteiger partial charge in [0.2, 0.25) is 0 Å². The van der Waals surface area contributed by atoms with Crippen LogP contribution in [0.1, 0.15) is 66.7 Å². The van der Waals surface area contributed by atoms with Gasteiger partial charge in [-0.05, 0) is 47.8 Å². The molecule has 0 aliphatic heterocycles. The summed E-state index contributed by atoms with van der Waals surface area (Å²) in [5.41, 5.74) is 0. The largest absolute Gasteiger partial charge is 0.0625 e. The summed E-state index contributed by atoms with van der Waals surface area (Å²) in [5.74, 6) is 6.99. The molecule has 5 atom stereocenters. The predicted octanol–water partition coefficient (Wildman–Crippen LogP) is 5.38. The lowest BCUT2D eigenvalue weighted by molar-refractivity contribution is 0.169. The third kappa shape index (κ3) is 2.88. The summed E-state index contributed by atoms with van der Waals surface area (Å²) in [6.07, 6.45) is 7.48. The van der Waals surface area contributed by atoms with E-state index in [1.165, 1.54) is 32.1 Å². The van der Waals surface area contributed by atoms with Crippen molar-refractivity contribution < 1.29 is 0 Å². The Bertz CT molecular complexity index is 234. The molecule has 0 radical (unpaired) electrons. The van der Waals surface area contributed by atoms with Crippen LogP contribution in [0.2, 0.25) is 0 Å². The maximum atomic E-state index is 2.53. The molecule has 0 aromatic heterocycles. The van der Waals surface area contributed by atoms with E-state index in [-0.39, 0.29) is 0 Å². The molecule has 0 saturated heterocycles. The molecule has 0 heteroatoms. The highest BCUT2D eigenvalue weighted by molar-refractivity contribution is 4.97. The van der Waals surface area contributed by atoms with Crippen molar-refractivity contribution in [2.75, 3.05) is 0 Å². The van der Waals surface area contributed by atoms with E-state index >= 15 is 0 Å². The van der Waals surface area contributed by atoms with E-state index in [0.29, 0.717) is 0 Å². The molecule has 100 valence electrons. The average molecular weight is 236 g/mol. The van der Waals surface area contributed by atoms with E-state index in [0.717, 1.165) is 41.4 Å². The van der Waals surface area contributed by atoms with Gasteiger partial charge in [-0.3, -0.25) is 0 Å². The first kappa shape index (κ1) is 13.4. The third-order valence-electron chi connectivity index (χ3n) is 6.13. The fourth-order valence-electron chi connectivity index (χ4n) is 4.41. The zero-order valence-electron chi connectivity index (χ0n) is 12.6. The number of hydrogen-bond acceptors (Lipinski definition) is 0. The maximum absolute atomic E-state index is 2.53. The van der Waals surface area contributed by atoms with Gasteiger partial charge in [0.05, 0.1) is 0 Å². The highest BCUT2D eigenvalue weighted by atomic mass is 14.5. The van der Waals surface area contributed by atoms with Crippen molar-refractivity contribution >= 4 is 0 Å². The summed E-state index contributed by atoms with van der Waals surface area (Å²) < 4.78 is 0. The molecule has 2 aliphatic carbocycles. The topological polar surface area (TPSA) is 0 Å². The van der Waals surface area contributed by atoms with Gasteiger partial charge in [0.15, 0.2) is 0 Å². The lowest BCUT2D eigenvalue weighted by Gasteiger charge is -2.33. The van der Waals surface area contributed by atoms with Crippen molar-refractivity contribution in [2.24, 2.45) is 41.4 Å². The van der Waals surface area contributed by atoms with Gasteiger partial charge in [-0.2, -0.15) is 0 Å². The van der Waals surface area contributed by atoms with E-state index < -0.39 is 0 Å². The highest BCUT2D eigenvalue weighted by Gasteiger charge is 2.49. The Kier molecular flexibility index (Phi) is 4.21. The molecule has 0 amide bonds. The molecule has 2 saturated carbocycles. The Balaban J connectivity index is 2.03. The van der Waals surface area contributed by atoms with Gasteiger partial charge in [-0.25, -0.2) is 0 Å². The van der Waals surface area contributed by atoms with E-state index in [1.54, 1.807) is 0 Å². The molecule has 0 bridgehead atoms. The van der Waals surface area contributed by atoms with Crippen molar-refractivity contribution in [1.82, 2.24) is 0 Å². The number of hydrogen-bond donors (Lipinski definition) is 0. The van der Waals surface area contributed by atoms with Gasteiger partial charge in [-0.15, -0.1) is 0 Å². The SMILES string of the molecule is CC(C)C1CCCCC(C)C(C2C(C)C2C)C1. The van der Waals surface area contributed by atoms with Crippen molar-refractivity contribution in [2.45, 2.75) is 66.7 Å². The van der Waals surface area contributed by atoms with Crippen molar-refractivity contribution in [3.8, 4) is 0 Å². The summed E-state index contributed by atoms with van der Waals surface area (Å²) in [6, 6.07) is 0. The Morgan fingerprint density at radius 3 is 2.00 bits per heavy atom. The molecule has 2 aliphatic rings. The molecule has 2 rings (SSSR count). The molecule has 0 heterocycles. The Labute approximate surface area is 109 Å². The number of rotatable bonds is 2. The van der Waals surface area contributed by atoms with Crippen LogP contribution in [0.15, 0.2) is 0 Å². The summed E-state index contributed by atoms with van der Waals surface area (Å²) in [7, 11) is 0. The van der Waals surface area contributed by atoms with Crippen molar-refractivity contribution in [3.05, 3.63) is 0 Å². The highest BCUT2D eigenvalue weighted by Crippen LogP contribution is 2.55. The lowest BCUT2D eigenvalue weighted by atomic mass is 9.72. The van der Waals surface area contributed by atoms with Crippen LogP contribution in [0, 0.1) is 41.4 Å². The van der Waals surface area contributed by atoms with E-state index in [1.807, 2.05) is 0 Å². The summed E-state index contributed by atoms with van der Waals surface area (Å²) in [6.45, 7) is 12.4. The van der Waals surface area contributed by atoms with E-state index in [2.05, 4.69) is 34.6 Å². The van der Waals surface area contributed by atoms with Gasteiger partial charge in [0, 0.05) is 0 Å². The van der Waals surface area contributed by atoms with Crippen LogP contribution < -0.4 is 0 Å². The van der Waals surface area contributed by atoms with Gasteiger partial charge in [0.25, 0.3) is 0 Å². The minimum absolute atomic E-state index is 0.896. The second kappa shape index (κ2) is 5.33. The smallest absolute Gasteiger partial charge is 0.0326 e. The standard InChI is InChI=1S/C17H32/c1-11(2)15-9-7-6-8-12(3)16(10-15)17-13(4)14(17)5/h11-17H,6-10H2,1-5H3. The minimum atomic E-state index is 0.896. The molecule has 2 fully saturated rings. The summed E-state index contributed by atoms with van der Waals surface area (Å²) >= 11 is 0. The first-order valence-electron chi connectivity index (χ1n) is 8.02. The first-order valence-corrected chi connectivity index (χ1v) is 8.02.